The zero-order valence-corrected chi connectivity index (χ0v) is 12.1. The van der Waals surface area contributed by atoms with Gasteiger partial charge in [-0.15, -0.1) is 0 Å². The van der Waals surface area contributed by atoms with Crippen molar-refractivity contribution in [3.8, 4) is 0 Å². The lowest BCUT2D eigenvalue weighted by Gasteiger charge is -2.01. The Morgan fingerprint density at radius 1 is 1.37 bits per heavy atom. The molecule has 1 aromatic carbocycles. The zero-order valence-electron chi connectivity index (χ0n) is 10.6. The third-order valence-electron chi connectivity index (χ3n) is 2.50. The second kappa shape index (κ2) is 5.76. The van der Waals surface area contributed by atoms with Gasteiger partial charge in [-0.25, -0.2) is 9.79 Å². The number of benzene rings is 1. The molecule has 1 aliphatic rings. The highest BCUT2D eigenvalue weighted by Gasteiger charge is 2.23. The van der Waals surface area contributed by atoms with Crippen LogP contribution in [-0.2, 0) is 9.53 Å². The van der Waals surface area contributed by atoms with Crippen LogP contribution in [0.25, 0.3) is 6.08 Å². The van der Waals surface area contributed by atoms with Crippen LogP contribution in [-0.4, -0.2) is 11.9 Å². The summed E-state index contributed by atoms with van der Waals surface area (Å²) in [6, 6.07) is 5.06. The van der Waals surface area contributed by atoms with Crippen molar-refractivity contribution in [3.63, 3.8) is 0 Å². The van der Waals surface area contributed by atoms with Crippen LogP contribution in [0, 0.1) is 5.92 Å². The first-order chi connectivity index (χ1) is 8.95. The highest BCUT2D eigenvalue weighted by molar-refractivity contribution is 6.35. The Labute approximate surface area is 121 Å². The summed E-state index contributed by atoms with van der Waals surface area (Å²) >= 11 is 11.9. The van der Waals surface area contributed by atoms with Gasteiger partial charge in [-0.05, 0) is 29.7 Å². The minimum absolute atomic E-state index is 0.264. The van der Waals surface area contributed by atoms with E-state index in [4.69, 9.17) is 27.9 Å². The minimum Gasteiger partial charge on any atom is -0.407 e. The SMILES string of the molecule is CC(C)CC1=N/C(=C\c2ccc(Cl)cc2Cl)C(=O)O1. The molecule has 0 spiro atoms. The summed E-state index contributed by atoms with van der Waals surface area (Å²) in [5.74, 6) is 0.392. The summed E-state index contributed by atoms with van der Waals surface area (Å²) in [5.41, 5.74) is 0.951. The normalized spacial score (nSPS) is 17.0. The second-order valence-corrected chi connectivity index (χ2v) is 5.53. The molecule has 1 heterocycles. The molecule has 1 aromatic rings. The van der Waals surface area contributed by atoms with Gasteiger partial charge in [0.15, 0.2) is 11.6 Å². The van der Waals surface area contributed by atoms with Gasteiger partial charge in [-0.1, -0.05) is 43.1 Å². The fourth-order valence-corrected chi connectivity index (χ4v) is 2.12. The molecule has 5 heteroatoms. The van der Waals surface area contributed by atoms with E-state index in [1.54, 1.807) is 24.3 Å². The van der Waals surface area contributed by atoms with Crippen LogP contribution in [0.5, 0.6) is 0 Å². The van der Waals surface area contributed by atoms with Crippen molar-refractivity contribution in [3.05, 3.63) is 39.5 Å². The maximum absolute atomic E-state index is 11.7. The molecular formula is C14H13Cl2NO2. The van der Waals surface area contributed by atoms with Crippen molar-refractivity contribution in [2.45, 2.75) is 20.3 Å². The van der Waals surface area contributed by atoms with Gasteiger partial charge in [0.2, 0.25) is 0 Å². The maximum Gasteiger partial charge on any atom is 0.363 e. The molecule has 19 heavy (non-hydrogen) atoms. The van der Waals surface area contributed by atoms with E-state index in [-0.39, 0.29) is 5.70 Å². The molecule has 0 unspecified atom stereocenters. The molecule has 2 rings (SSSR count). The fraction of sp³-hybridized carbons (Fsp3) is 0.286. The second-order valence-electron chi connectivity index (χ2n) is 4.69. The topological polar surface area (TPSA) is 38.7 Å². The number of carbonyl (C=O) groups excluding carboxylic acids is 1. The summed E-state index contributed by atoms with van der Waals surface area (Å²) in [4.78, 5) is 15.9. The van der Waals surface area contributed by atoms with E-state index in [1.165, 1.54) is 0 Å². The molecule has 0 N–H and O–H groups in total. The van der Waals surface area contributed by atoms with Gasteiger partial charge in [-0.2, -0.15) is 0 Å². The molecule has 0 amide bonds. The van der Waals surface area contributed by atoms with E-state index >= 15 is 0 Å². The Morgan fingerprint density at radius 3 is 2.74 bits per heavy atom. The van der Waals surface area contributed by atoms with Crippen LogP contribution in [0.3, 0.4) is 0 Å². The van der Waals surface area contributed by atoms with Crippen molar-refractivity contribution in [2.75, 3.05) is 0 Å². The third-order valence-corrected chi connectivity index (χ3v) is 3.06. The predicted molar refractivity (Wildman–Crippen MR) is 77.4 cm³/mol. The number of cyclic esters (lactones) is 1. The van der Waals surface area contributed by atoms with Crippen LogP contribution in [0.1, 0.15) is 25.8 Å². The molecule has 0 radical (unpaired) electrons. The molecular weight excluding hydrogens is 285 g/mol. The number of nitrogens with zero attached hydrogens (tertiary/aromatic N) is 1. The van der Waals surface area contributed by atoms with Crippen molar-refractivity contribution in [2.24, 2.45) is 10.9 Å². The number of carbonyl (C=O) groups is 1. The van der Waals surface area contributed by atoms with Crippen LogP contribution in [0.15, 0.2) is 28.9 Å². The predicted octanol–water partition coefficient (Wildman–Crippen LogP) is 4.34. The largest absolute Gasteiger partial charge is 0.407 e. The van der Waals surface area contributed by atoms with Gasteiger partial charge >= 0.3 is 5.97 Å². The summed E-state index contributed by atoms with van der Waals surface area (Å²) in [5, 5.41) is 1.02. The summed E-state index contributed by atoms with van der Waals surface area (Å²) in [6.07, 6.45) is 2.24. The zero-order chi connectivity index (χ0) is 14.0. The lowest BCUT2D eigenvalue weighted by atomic mass is 10.1. The first kappa shape index (κ1) is 14.1. The number of halogens is 2. The van der Waals surface area contributed by atoms with Crippen molar-refractivity contribution < 1.29 is 9.53 Å². The lowest BCUT2D eigenvalue weighted by Crippen LogP contribution is -2.06. The van der Waals surface area contributed by atoms with Gasteiger partial charge in [-0.3, -0.25) is 0 Å². The molecule has 0 atom stereocenters. The maximum atomic E-state index is 11.7. The van der Waals surface area contributed by atoms with Crippen LogP contribution >= 0.6 is 23.2 Å². The monoisotopic (exact) mass is 297 g/mol. The van der Waals surface area contributed by atoms with E-state index in [0.717, 1.165) is 0 Å². The highest BCUT2D eigenvalue weighted by Crippen LogP contribution is 2.25. The first-order valence-corrected chi connectivity index (χ1v) is 6.68. The Kier molecular flexibility index (Phi) is 4.27. The lowest BCUT2D eigenvalue weighted by molar-refractivity contribution is -0.130. The molecule has 0 saturated carbocycles. The van der Waals surface area contributed by atoms with Crippen LogP contribution in [0.2, 0.25) is 10.0 Å². The number of esters is 1. The highest BCUT2D eigenvalue weighted by atomic mass is 35.5. The number of rotatable bonds is 3. The van der Waals surface area contributed by atoms with Crippen molar-refractivity contribution in [1.29, 1.82) is 0 Å². The molecule has 0 aliphatic carbocycles. The number of aliphatic imine (C=N–C) groups is 1. The molecule has 0 saturated heterocycles. The van der Waals surface area contributed by atoms with E-state index in [0.29, 0.717) is 33.8 Å². The minimum atomic E-state index is -0.443. The molecule has 100 valence electrons. The molecule has 0 fully saturated rings. The van der Waals surface area contributed by atoms with E-state index in [1.807, 2.05) is 13.8 Å². The van der Waals surface area contributed by atoms with Gasteiger partial charge in [0, 0.05) is 16.5 Å². The van der Waals surface area contributed by atoms with E-state index in [2.05, 4.69) is 4.99 Å². The number of hydrogen-bond acceptors (Lipinski definition) is 3. The van der Waals surface area contributed by atoms with Gasteiger partial charge in [0.25, 0.3) is 0 Å². The third kappa shape index (κ3) is 3.58. The Bertz CT molecular complexity index is 577. The van der Waals surface area contributed by atoms with E-state index in [9.17, 15) is 4.79 Å². The van der Waals surface area contributed by atoms with E-state index < -0.39 is 5.97 Å². The standard InChI is InChI=1S/C14H13Cl2NO2/c1-8(2)5-13-17-12(14(18)19-13)6-9-3-4-10(15)7-11(9)16/h3-4,6-8H,5H2,1-2H3/b12-6-. The molecule has 0 bridgehead atoms. The average molecular weight is 298 g/mol. The summed E-state index contributed by atoms with van der Waals surface area (Å²) in [7, 11) is 0. The fourth-order valence-electron chi connectivity index (χ4n) is 1.66. The quantitative estimate of drug-likeness (QED) is 0.615. The van der Waals surface area contributed by atoms with Crippen molar-refractivity contribution >= 4 is 41.1 Å². The van der Waals surface area contributed by atoms with Gasteiger partial charge < -0.3 is 4.74 Å². The van der Waals surface area contributed by atoms with Gasteiger partial charge in [0.1, 0.15) is 0 Å². The first-order valence-electron chi connectivity index (χ1n) is 5.92. The number of hydrogen-bond donors (Lipinski definition) is 0. The Balaban J connectivity index is 2.28. The molecule has 3 nitrogen and oxygen atoms in total. The number of ether oxygens (including phenoxy) is 1. The van der Waals surface area contributed by atoms with Crippen LogP contribution in [0.4, 0.5) is 0 Å². The molecule has 1 aliphatic heterocycles. The smallest absolute Gasteiger partial charge is 0.363 e. The average Bonchev–Trinajstić information content (AvgIpc) is 2.62. The van der Waals surface area contributed by atoms with Crippen LogP contribution < -0.4 is 0 Å². The summed E-state index contributed by atoms with van der Waals surface area (Å²) in [6.45, 7) is 4.07. The summed E-state index contributed by atoms with van der Waals surface area (Å²) < 4.78 is 5.09. The van der Waals surface area contributed by atoms with Crippen molar-refractivity contribution in [1.82, 2.24) is 0 Å². The van der Waals surface area contributed by atoms with Gasteiger partial charge in [0.05, 0.1) is 0 Å². The Morgan fingerprint density at radius 2 is 2.11 bits per heavy atom. The Hall–Kier alpha value is -1.32. The molecule has 0 aromatic heterocycles.